The Kier molecular flexibility index (Phi) is 7.73. The fourth-order valence-electron chi connectivity index (χ4n) is 3.39. The van der Waals surface area contributed by atoms with Gasteiger partial charge < -0.3 is 14.5 Å². The van der Waals surface area contributed by atoms with Crippen LogP contribution in [0.15, 0.2) is 48.5 Å². The molecular formula is C23H26N4O6. The number of nitro groups is 1. The zero-order chi connectivity index (χ0) is 24.0. The van der Waals surface area contributed by atoms with Gasteiger partial charge in [0.1, 0.15) is 5.75 Å². The molecule has 1 saturated heterocycles. The monoisotopic (exact) mass is 454 g/mol. The Bertz CT molecular complexity index is 1030. The minimum Gasteiger partial charge on any atom is -0.409 e. The van der Waals surface area contributed by atoms with Crippen LogP contribution in [0.2, 0.25) is 0 Å². The summed E-state index contributed by atoms with van der Waals surface area (Å²) in [7, 11) is 1.62. The molecule has 0 radical (unpaired) electrons. The molecule has 33 heavy (non-hydrogen) atoms. The molecule has 174 valence electrons. The van der Waals surface area contributed by atoms with Crippen LogP contribution in [0.25, 0.3) is 0 Å². The van der Waals surface area contributed by atoms with Gasteiger partial charge in [-0.15, -0.1) is 0 Å². The van der Waals surface area contributed by atoms with Crippen molar-refractivity contribution in [3.05, 3.63) is 69.8 Å². The number of rotatable bonds is 7. The number of hydrogen-bond donors (Lipinski definition) is 0. The van der Waals surface area contributed by atoms with Crippen LogP contribution in [0.5, 0.6) is 5.75 Å². The second kappa shape index (κ2) is 10.7. The van der Waals surface area contributed by atoms with Gasteiger partial charge in [0.15, 0.2) is 5.78 Å². The van der Waals surface area contributed by atoms with E-state index in [1.54, 1.807) is 36.2 Å². The first-order valence-electron chi connectivity index (χ1n) is 10.6. The Hall–Kier alpha value is -3.79. The number of nitrogens with zero attached hydrogens (tertiary/aromatic N) is 4. The van der Waals surface area contributed by atoms with Crippen LogP contribution in [0.3, 0.4) is 0 Å². The van der Waals surface area contributed by atoms with Gasteiger partial charge in [-0.25, -0.2) is 4.79 Å². The van der Waals surface area contributed by atoms with Gasteiger partial charge in [-0.1, -0.05) is 12.1 Å². The Morgan fingerprint density at radius 1 is 1.03 bits per heavy atom. The van der Waals surface area contributed by atoms with Crippen molar-refractivity contribution in [3.8, 4) is 5.75 Å². The summed E-state index contributed by atoms with van der Waals surface area (Å²) in [6, 6.07) is 12.2. The highest BCUT2D eigenvalue weighted by Crippen LogP contribution is 2.20. The van der Waals surface area contributed by atoms with E-state index in [4.69, 9.17) is 4.74 Å². The fourth-order valence-corrected chi connectivity index (χ4v) is 3.39. The van der Waals surface area contributed by atoms with E-state index >= 15 is 0 Å². The van der Waals surface area contributed by atoms with Crippen LogP contribution >= 0.6 is 0 Å². The number of ketones is 1. The fraction of sp³-hybridized carbons (Fsp3) is 0.348. The minimum absolute atomic E-state index is 0.0674. The predicted molar refractivity (Wildman–Crippen MR) is 121 cm³/mol. The summed E-state index contributed by atoms with van der Waals surface area (Å²) in [5.74, 6) is -0.152. The number of nitro benzene ring substituents is 1. The normalized spacial score (nSPS) is 13.9. The molecule has 1 heterocycles. The van der Waals surface area contributed by atoms with Crippen LogP contribution in [0, 0.1) is 10.1 Å². The molecule has 0 saturated carbocycles. The van der Waals surface area contributed by atoms with E-state index in [0.717, 1.165) is 0 Å². The van der Waals surface area contributed by atoms with E-state index < -0.39 is 11.0 Å². The first kappa shape index (κ1) is 23.9. The number of benzene rings is 2. The first-order chi connectivity index (χ1) is 15.8. The standard InChI is InChI=1S/C23H26N4O6/c1-3-24(2)23(30)33-21-7-5-4-6-19(21)20(28)16-25-12-14-26(15-13-25)22(29)17-8-10-18(11-9-17)27(31)32/h4-11H,3,12-16H2,1-2H3. The number of ether oxygens (including phenoxy) is 1. The van der Waals surface area contributed by atoms with Crippen molar-refractivity contribution in [2.75, 3.05) is 46.3 Å². The molecule has 1 aliphatic rings. The maximum atomic E-state index is 12.9. The molecule has 1 fully saturated rings. The molecule has 0 spiro atoms. The van der Waals surface area contributed by atoms with E-state index in [1.165, 1.54) is 29.2 Å². The van der Waals surface area contributed by atoms with Crippen LogP contribution in [-0.4, -0.2) is 83.7 Å². The molecule has 0 N–H and O–H groups in total. The van der Waals surface area contributed by atoms with Gasteiger partial charge >= 0.3 is 6.09 Å². The van der Waals surface area contributed by atoms with Gasteiger partial charge in [-0.05, 0) is 31.2 Å². The highest BCUT2D eigenvalue weighted by Gasteiger charge is 2.25. The second-order valence-electron chi connectivity index (χ2n) is 7.67. The number of non-ortho nitro benzene ring substituents is 1. The van der Waals surface area contributed by atoms with Crippen LogP contribution in [0.4, 0.5) is 10.5 Å². The third kappa shape index (κ3) is 5.92. The predicted octanol–water partition coefficient (Wildman–Crippen LogP) is 2.69. The van der Waals surface area contributed by atoms with E-state index in [2.05, 4.69) is 0 Å². The highest BCUT2D eigenvalue weighted by molar-refractivity contribution is 6.00. The van der Waals surface area contributed by atoms with Crippen molar-refractivity contribution < 1.29 is 24.0 Å². The number of Topliss-reactive ketones (excluding diaryl/α,β-unsaturated/α-hetero) is 1. The molecule has 0 unspecified atom stereocenters. The van der Waals surface area contributed by atoms with Gasteiger partial charge in [0.25, 0.3) is 11.6 Å². The van der Waals surface area contributed by atoms with Crippen molar-refractivity contribution in [2.24, 2.45) is 0 Å². The van der Waals surface area contributed by atoms with Gasteiger partial charge in [-0.3, -0.25) is 24.6 Å². The highest BCUT2D eigenvalue weighted by atomic mass is 16.6. The lowest BCUT2D eigenvalue weighted by Crippen LogP contribution is -2.49. The number of para-hydroxylation sites is 1. The second-order valence-corrected chi connectivity index (χ2v) is 7.67. The van der Waals surface area contributed by atoms with Gasteiger partial charge in [0.05, 0.1) is 17.0 Å². The summed E-state index contributed by atoms with van der Waals surface area (Å²) in [4.78, 5) is 52.9. The van der Waals surface area contributed by atoms with Crippen molar-refractivity contribution in [3.63, 3.8) is 0 Å². The molecule has 10 nitrogen and oxygen atoms in total. The smallest absolute Gasteiger partial charge is 0.409 e. The van der Waals surface area contributed by atoms with E-state index in [0.29, 0.717) is 43.9 Å². The summed E-state index contributed by atoms with van der Waals surface area (Å²) < 4.78 is 5.38. The van der Waals surface area contributed by atoms with Gasteiger partial charge in [-0.2, -0.15) is 0 Å². The summed E-state index contributed by atoms with van der Waals surface area (Å²) >= 11 is 0. The van der Waals surface area contributed by atoms with E-state index in [-0.39, 0.29) is 29.7 Å². The number of carbonyl (C=O) groups is 3. The summed E-state index contributed by atoms with van der Waals surface area (Å²) in [6.07, 6.45) is -0.531. The lowest BCUT2D eigenvalue weighted by atomic mass is 10.1. The van der Waals surface area contributed by atoms with Gasteiger partial charge in [0, 0.05) is 57.5 Å². The summed E-state index contributed by atoms with van der Waals surface area (Å²) in [6.45, 7) is 4.32. The quantitative estimate of drug-likeness (QED) is 0.359. The molecule has 0 bridgehead atoms. The Morgan fingerprint density at radius 3 is 2.27 bits per heavy atom. The van der Waals surface area contributed by atoms with Gasteiger partial charge in [0.2, 0.25) is 0 Å². The molecule has 10 heteroatoms. The minimum atomic E-state index is -0.531. The molecule has 0 aromatic heterocycles. The van der Waals surface area contributed by atoms with Crippen molar-refractivity contribution in [2.45, 2.75) is 6.92 Å². The zero-order valence-electron chi connectivity index (χ0n) is 18.6. The SMILES string of the molecule is CCN(C)C(=O)Oc1ccccc1C(=O)CN1CCN(C(=O)c2ccc([N+](=O)[O-])cc2)CC1. The zero-order valence-corrected chi connectivity index (χ0v) is 18.6. The number of hydrogen-bond acceptors (Lipinski definition) is 7. The molecule has 0 atom stereocenters. The maximum absolute atomic E-state index is 12.9. The molecule has 0 aliphatic carbocycles. The average molecular weight is 454 g/mol. The van der Waals surface area contributed by atoms with Crippen molar-refractivity contribution in [1.82, 2.24) is 14.7 Å². The lowest BCUT2D eigenvalue weighted by molar-refractivity contribution is -0.384. The van der Waals surface area contributed by atoms with Crippen molar-refractivity contribution >= 4 is 23.5 Å². The molecule has 1 aliphatic heterocycles. The molecule has 2 amide bonds. The van der Waals surface area contributed by atoms with Crippen LogP contribution < -0.4 is 4.74 Å². The number of carbonyl (C=O) groups excluding carboxylic acids is 3. The Labute approximate surface area is 191 Å². The third-order valence-electron chi connectivity index (χ3n) is 5.52. The van der Waals surface area contributed by atoms with Crippen LogP contribution in [-0.2, 0) is 0 Å². The number of amides is 2. The largest absolute Gasteiger partial charge is 0.414 e. The Balaban J connectivity index is 1.57. The van der Waals surface area contributed by atoms with E-state index in [9.17, 15) is 24.5 Å². The van der Waals surface area contributed by atoms with Crippen LogP contribution in [0.1, 0.15) is 27.6 Å². The average Bonchev–Trinajstić information content (AvgIpc) is 2.83. The molecule has 2 aromatic carbocycles. The number of piperazine rings is 1. The Morgan fingerprint density at radius 2 is 1.67 bits per heavy atom. The summed E-state index contributed by atoms with van der Waals surface area (Å²) in [5.41, 5.74) is 0.653. The third-order valence-corrected chi connectivity index (χ3v) is 5.52. The van der Waals surface area contributed by atoms with E-state index in [1.807, 2.05) is 11.8 Å². The maximum Gasteiger partial charge on any atom is 0.414 e. The topological polar surface area (TPSA) is 113 Å². The molecule has 2 aromatic rings. The molecule has 3 rings (SSSR count). The lowest BCUT2D eigenvalue weighted by Gasteiger charge is -2.34. The van der Waals surface area contributed by atoms with Crippen molar-refractivity contribution in [1.29, 1.82) is 0 Å². The molecular weight excluding hydrogens is 428 g/mol. The first-order valence-corrected chi connectivity index (χ1v) is 10.6. The summed E-state index contributed by atoms with van der Waals surface area (Å²) in [5, 5.41) is 10.8.